The smallest absolute Gasteiger partial charge is 0.149 e. The van der Waals surface area contributed by atoms with Gasteiger partial charge in [0, 0.05) is 0 Å². The third-order valence-electron chi connectivity index (χ3n) is 2.65. The van der Waals surface area contributed by atoms with Crippen molar-refractivity contribution in [2.75, 3.05) is 0 Å². The van der Waals surface area contributed by atoms with E-state index in [2.05, 4.69) is 13.8 Å². The molecule has 0 aliphatic heterocycles. The molecule has 0 saturated carbocycles. The summed E-state index contributed by atoms with van der Waals surface area (Å²) >= 11 is 0. The molecular weight excluding hydrogens is 162 g/mol. The van der Waals surface area contributed by atoms with E-state index in [0.717, 1.165) is 38.5 Å². The Kier molecular flexibility index (Phi) is 5.97. The van der Waals surface area contributed by atoms with Crippen molar-refractivity contribution in [3.05, 3.63) is 0 Å². The number of Topliss-reactive ketones (excluding diaryl/α,β-unsaturated/α-hetero) is 1. The van der Waals surface area contributed by atoms with E-state index < -0.39 is 5.54 Å². The van der Waals surface area contributed by atoms with Gasteiger partial charge in [-0.3, -0.25) is 4.79 Å². The van der Waals surface area contributed by atoms with Crippen molar-refractivity contribution in [3.8, 4) is 0 Å². The van der Waals surface area contributed by atoms with Gasteiger partial charge in [0.1, 0.15) is 5.78 Å². The number of rotatable bonds is 7. The molecule has 2 N–H and O–H groups in total. The molecule has 2 heteroatoms. The van der Waals surface area contributed by atoms with E-state index in [-0.39, 0.29) is 5.78 Å². The molecule has 0 spiro atoms. The average molecular weight is 185 g/mol. The fourth-order valence-electron chi connectivity index (χ4n) is 1.46. The summed E-state index contributed by atoms with van der Waals surface area (Å²) in [5, 5.41) is 0. The van der Waals surface area contributed by atoms with Gasteiger partial charge in [-0.2, -0.15) is 0 Å². The van der Waals surface area contributed by atoms with E-state index in [1.54, 1.807) is 6.92 Å². The Morgan fingerprint density at radius 3 is 1.77 bits per heavy atom. The maximum absolute atomic E-state index is 11.4. The van der Waals surface area contributed by atoms with Gasteiger partial charge in [0.2, 0.25) is 0 Å². The van der Waals surface area contributed by atoms with Gasteiger partial charge in [0.05, 0.1) is 5.54 Å². The van der Waals surface area contributed by atoms with Gasteiger partial charge in [-0.25, -0.2) is 0 Å². The highest BCUT2D eigenvalue weighted by Gasteiger charge is 2.28. The second-order valence-corrected chi connectivity index (χ2v) is 3.92. The normalized spacial score (nSPS) is 11.7. The minimum absolute atomic E-state index is 0.148. The number of hydrogen-bond acceptors (Lipinski definition) is 2. The van der Waals surface area contributed by atoms with Crippen LogP contribution in [-0.2, 0) is 4.79 Å². The van der Waals surface area contributed by atoms with Gasteiger partial charge in [-0.15, -0.1) is 0 Å². The predicted molar refractivity (Wildman–Crippen MR) is 56.6 cm³/mol. The lowest BCUT2D eigenvalue weighted by atomic mass is 9.85. The minimum atomic E-state index is -0.536. The number of carbonyl (C=O) groups excluding carboxylic acids is 1. The Bertz CT molecular complexity index is 146. The van der Waals surface area contributed by atoms with Crippen molar-refractivity contribution in [1.82, 2.24) is 0 Å². The highest BCUT2D eigenvalue weighted by molar-refractivity contribution is 5.85. The van der Waals surface area contributed by atoms with Gasteiger partial charge < -0.3 is 5.73 Å². The van der Waals surface area contributed by atoms with Crippen molar-refractivity contribution in [1.29, 1.82) is 0 Å². The van der Waals surface area contributed by atoms with Crippen LogP contribution in [0.15, 0.2) is 0 Å². The first kappa shape index (κ1) is 12.6. The van der Waals surface area contributed by atoms with Crippen LogP contribution >= 0.6 is 0 Å². The molecule has 0 radical (unpaired) electrons. The lowest BCUT2D eigenvalue weighted by molar-refractivity contribution is -0.122. The maximum atomic E-state index is 11.4. The number of nitrogens with two attached hydrogens (primary N) is 1. The Morgan fingerprint density at radius 1 is 1.15 bits per heavy atom. The van der Waals surface area contributed by atoms with Crippen molar-refractivity contribution < 1.29 is 4.79 Å². The number of unbranched alkanes of at least 4 members (excludes halogenated alkanes) is 2. The van der Waals surface area contributed by atoms with Crippen LogP contribution in [0.2, 0.25) is 0 Å². The molecule has 0 amide bonds. The van der Waals surface area contributed by atoms with E-state index in [1.807, 2.05) is 0 Å². The SMILES string of the molecule is CCCCC(N)(CCCC)C(C)=O. The minimum Gasteiger partial charge on any atom is -0.319 e. The molecule has 0 aliphatic carbocycles. The van der Waals surface area contributed by atoms with Crippen LogP contribution in [0.25, 0.3) is 0 Å². The standard InChI is InChI=1S/C11H23NO/c1-4-6-8-11(12,10(3)13)9-7-5-2/h4-9,12H2,1-3H3. The molecule has 2 nitrogen and oxygen atoms in total. The molecule has 0 bridgehead atoms. The fraction of sp³-hybridized carbons (Fsp3) is 0.909. The van der Waals surface area contributed by atoms with Gasteiger partial charge in [0.15, 0.2) is 0 Å². The molecule has 0 aromatic rings. The topological polar surface area (TPSA) is 43.1 Å². The van der Waals surface area contributed by atoms with Crippen LogP contribution in [0.3, 0.4) is 0 Å². The van der Waals surface area contributed by atoms with Crippen molar-refractivity contribution >= 4 is 5.78 Å². The van der Waals surface area contributed by atoms with E-state index in [0.29, 0.717) is 0 Å². The zero-order chi connectivity index (χ0) is 10.3. The number of ketones is 1. The molecule has 0 fully saturated rings. The third-order valence-corrected chi connectivity index (χ3v) is 2.65. The molecule has 0 atom stereocenters. The Hall–Kier alpha value is -0.370. The molecule has 78 valence electrons. The summed E-state index contributed by atoms with van der Waals surface area (Å²) in [6, 6.07) is 0. The lowest BCUT2D eigenvalue weighted by Crippen LogP contribution is -2.46. The monoisotopic (exact) mass is 185 g/mol. The van der Waals surface area contributed by atoms with Crippen LogP contribution in [0.4, 0.5) is 0 Å². The first-order chi connectivity index (χ1) is 6.06. The summed E-state index contributed by atoms with van der Waals surface area (Å²) in [5.74, 6) is 0.148. The quantitative estimate of drug-likeness (QED) is 0.662. The molecule has 0 saturated heterocycles. The first-order valence-corrected chi connectivity index (χ1v) is 5.36. The molecular formula is C11H23NO. The fourth-order valence-corrected chi connectivity index (χ4v) is 1.46. The summed E-state index contributed by atoms with van der Waals surface area (Å²) in [7, 11) is 0. The average Bonchev–Trinajstić information content (AvgIpc) is 2.11. The van der Waals surface area contributed by atoms with Gasteiger partial charge in [0.25, 0.3) is 0 Å². The highest BCUT2D eigenvalue weighted by atomic mass is 16.1. The van der Waals surface area contributed by atoms with E-state index >= 15 is 0 Å². The largest absolute Gasteiger partial charge is 0.319 e. The van der Waals surface area contributed by atoms with E-state index in [1.165, 1.54) is 0 Å². The highest BCUT2D eigenvalue weighted by Crippen LogP contribution is 2.19. The zero-order valence-electron chi connectivity index (χ0n) is 9.23. The lowest BCUT2D eigenvalue weighted by Gasteiger charge is -2.26. The van der Waals surface area contributed by atoms with Gasteiger partial charge in [-0.1, -0.05) is 39.5 Å². The molecule has 0 aliphatic rings. The Labute approximate surface area is 81.9 Å². The van der Waals surface area contributed by atoms with E-state index in [4.69, 9.17) is 5.73 Å². The molecule has 0 heterocycles. The van der Waals surface area contributed by atoms with Gasteiger partial charge in [-0.05, 0) is 19.8 Å². The summed E-state index contributed by atoms with van der Waals surface area (Å²) in [4.78, 5) is 11.4. The Balaban J connectivity index is 4.08. The summed E-state index contributed by atoms with van der Waals surface area (Å²) in [6.45, 7) is 5.87. The summed E-state index contributed by atoms with van der Waals surface area (Å²) in [5.41, 5.74) is 5.53. The zero-order valence-corrected chi connectivity index (χ0v) is 9.23. The third kappa shape index (κ3) is 4.41. The van der Waals surface area contributed by atoms with E-state index in [9.17, 15) is 4.79 Å². The second kappa shape index (κ2) is 6.14. The van der Waals surface area contributed by atoms with Crippen LogP contribution in [0.5, 0.6) is 0 Å². The van der Waals surface area contributed by atoms with Crippen LogP contribution in [0, 0.1) is 0 Å². The molecule has 0 aromatic carbocycles. The van der Waals surface area contributed by atoms with Crippen LogP contribution < -0.4 is 5.73 Å². The van der Waals surface area contributed by atoms with Gasteiger partial charge >= 0.3 is 0 Å². The number of carbonyl (C=O) groups is 1. The van der Waals surface area contributed by atoms with Crippen LogP contribution in [0.1, 0.15) is 59.3 Å². The summed E-state index contributed by atoms with van der Waals surface area (Å²) < 4.78 is 0. The van der Waals surface area contributed by atoms with Crippen LogP contribution in [-0.4, -0.2) is 11.3 Å². The van der Waals surface area contributed by atoms with Crippen molar-refractivity contribution in [3.63, 3.8) is 0 Å². The molecule has 13 heavy (non-hydrogen) atoms. The van der Waals surface area contributed by atoms with Crippen molar-refractivity contribution in [2.45, 2.75) is 64.8 Å². The molecule has 0 aromatic heterocycles. The maximum Gasteiger partial charge on any atom is 0.149 e. The Morgan fingerprint density at radius 2 is 1.54 bits per heavy atom. The second-order valence-electron chi connectivity index (χ2n) is 3.92. The predicted octanol–water partition coefficient (Wildman–Crippen LogP) is 2.65. The molecule has 0 rings (SSSR count). The number of hydrogen-bond donors (Lipinski definition) is 1. The summed E-state index contributed by atoms with van der Waals surface area (Å²) in [6.07, 6.45) is 6.02. The van der Waals surface area contributed by atoms with Crippen molar-refractivity contribution in [2.24, 2.45) is 5.73 Å². The first-order valence-electron chi connectivity index (χ1n) is 5.36. The molecule has 0 unspecified atom stereocenters.